The zero-order chi connectivity index (χ0) is 19.6. The van der Waals surface area contributed by atoms with Gasteiger partial charge in [-0.2, -0.15) is 13.2 Å². The SMILES string of the molecule is O=c1c2ncoc2c2cc(F)c(-c3ccc(C(F)(F)F)nc3)cc2n1C1CC1. The molecule has 5 nitrogen and oxygen atoms in total. The number of hydrogen-bond acceptors (Lipinski definition) is 4. The summed E-state index contributed by atoms with van der Waals surface area (Å²) in [4.78, 5) is 20.1. The Kier molecular flexibility index (Phi) is 3.40. The fourth-order valence-corrected chi connectivity index (χ4v) is 3.39. The maximum absolute atomic E-state index is 14.8. The number of pyridine rings is 2. The molecule has 3 heterocycles. The number of aromatic nitrogens is 3. The van der Waals surface area contributed by atoms with Gasteiger partial charge in [0.2, 0.25) is 0 Å². The zero-order valence-corrected chi connectivity index (χ0v) is 14.1. The predicted molar refractivity (Wildman–Crippen MR) is 92.2 cm³/mol. The Morgan fingerprint density at radius 2 is 1.93 bits per heavy atom. The molecule has 1 aliphatic rings. The molecule has 1 fully saturated rings. The van der Waals surface area contributed by atoms with Gasteiger partial charge < -0.3 is 8.98 Å². The molecule has 0 amide bonds. The van der Waals surface area contributed by atoms with Crippen LogP contribution in [-0.4, -0.2) is 14.5 Å². The maximum atomic E-state index is 14.8. The highest BCUT2D eigenvalue weighted by Gasteiger charge is 2.32. The lowest BCUT2D eigenvalue weighted by Gasteiger charge is -2.13. The molecule has 0 radical (unpaired) electrons. The van der Waals surface area contributed by atoms with Gasteiger partial charge in [0.1, 0.15) is 11.5 Å². The van der Waals surface area contributed by atoms with Crippen molar-refractivity contribution in [1.82, 2.24) is 14.5 Å². The van der Waals surface area contributed by atoms with E-state index in [-0.39, 0.29) is 33.8 Å². The summed E-state index contributed by atoms with van der Waals surface area (Å²) in [5, 5.41) is 0.389. The lowest BCUT2D eigenvalue weighted by Crippen LogP contribution is -2.20. The second-order valence-corrected chi connectivity index (χ2v) is 6.72. The van der Waals surface area contributed by atoms with Crippen LogP contribution in [0.3, 0.4) is 0 Å². The van der Waals surface area contributed by atoms with E-state index in [0.717, 1.165) is 37.6 Å². The molecule has 142 valence electrons. The van der Waals surface area contributed by atoms with Crippen molar-refractivity contribution in [3.63, 3.8) is 0 Å². The third kappa shape index (κ3) is 2.49. The second-order valence-electron chi connectivity index (χ2n) is 6.72. The van der Waals surface area contributed by atoms with Gasteiger partial charge >= 0.3 is 6.18 Å². The Morgan fingerprint density at radius 1 is 1.14 bits per heavy atom. The Morgan fingerprint density at radius 3 is 2.57 bits per heavy atom. The lowest BCUT2D eigenvalue weighted by atomic mass is 10.0. The van der Waals surface area contributed by atoms with E-state index in [0.29, 0.717) is 10.9 Å². The van der Waals surface area contributed by atoms with Crippen molar-refractivity contribution in [3.05, 3.63) is 58.7 Å². The lowest BCUT2D eigenvalue weighted by molar-refractivity contribution is -0.141. The van der Waals surface area contributed by atoms with Crippen molar-refractivity contribution in [2.24, 2.45) is 0 Å². The van der Waals surface area contributed by atoms with Crippen molar-refractivity contribution in [2.45, 2.75) is 25.1 Å². The fraction of sp³-hybridized carbons (Fsp3) is 0.211. The van der Waals surface area contributed by atoms with Gasteiger partial charge in [-0.3, -0.25) is 9.78 Å². The van der Waals surface area contributed by atoms with Crippen LogP contribution in [0.2, 0.25) is 0 Å². The van der Waals surface area contributed by atoms with Gasteiger partial charge in [-0.25, -0.2) is 9.37 Å². The number of oxazole rings is 1. The van der Waals surface area contributed by atoms with Crippen LogP contribution in [0.1, 0.15) is 24.6 Å². The summed E-state index contributed by atoms with van der Waals surface area (Å²) < 4.78 is 59.9. The number of nitrogens with zero attached hydrogens (tertiary/aromatic N) is 3. The van der Waals surface area contributed by atoms with E-state index in [1.807, 2.05) is 0 Å². The van der Waals surface area contributed by atoms with Crippen LogP contribution in [0, 0.1) is 5.82 Å². The second kappa shape index (κ2) is 5.63. The first-order valence-corrected chi connectivity index (χ1v) is 8.49. The van der Waals surface area contributed by atoms with Crippen LogP contribution in [0.4, 0.5) is 17.6 Å². The summed E-state index contributed by atoms with van der Waals surface area (Å²) in [6, 6.07) is 4.62. The molecule has 1 aromatic carbocycles. The molecular formula is C19H11F4N3O2. The molecule has 0 aliphatic heterocycles. The average molecular weight is 389 g/mol. The van der Waals surface area contributed by atoms with Crippen molar-refractivity contribution in [3.8, 4) is 11.1 Å². The van der Waals surface area contributed by atoms with Gasteiger partial charge in [-0.1, -0.05) is 6.07 Å². The van der Waals surface area contributed by atoms with E-state index in [9.17, 15) is 22.4 Å². The predicted octanol–water partition coefficient (Wildman–Crippen LogP) is 4.70. The van der Waals surface area contributed by atoms with E-state index in [1.54, 1.807) is 4.57 Å². The molecule has 0 bridgehead atoms. The van der Waals surface area contributed by atoms with Gasteiger partial charge in [0.15, 0.2) is 17.5 Å². The summed E-state index contributed by atoms with van der Waals surface area (Å²) in [6.45, 7) is 0. The summed E-state index contributed by atoms with van der Waals surface area (Å²) in [5.41, 5.74) is -0.387. The molecule has 0 N–H and O–H groups in total. The smallest absolute Gasteiger partial charge is 0.433 e. The first-order valence-electron chi connectivity index (χ1n) is 8.49. The van der Waals surface area contributed by atoms with Crippen LogP contribution in [0.15, 0.2) is 46.1 Å². The number of benzene rings is 1. The Hall–Kier alpha value is -3.23. The number of rotatable bonds is 2. The molecular weight excluding hydrogens is 378 g/mol. The van der Waals surface area contributed by atoms with Gasteiger partial charge in [-0.15, -0.1) is 0 Å². The van der Waals surface area contributed by atoms with Gasteiger partial charge in [0.05, 0.1) is 5.52 Å². The highest BCUT2D eigenvalue weighted by molar-refractivity contribution is 6.02. The normalized spacial score (nSPS) is 14.9. The van der Waals surface area contributed by atoms with Crippen LogP contribution in [-0.2, 0) is 6.18 Å². The summed E-state index contributed by atoms with van der Waals surface area (Å²) in [7, 11) is 0. The first kappa shape index (κ1) is 16.9. The summed E-state index contributed by atoms with van der Waals surface area (Å²) in [5.74, 6) is -0.659. The number of alkyl halides is 3. The van der Waals surface area contributed by atoms with E-state index in [1.165, 1.54) is 12.1 Å². The molecule has 5 rings (SSSR count). The molecule has 1 saturated carbocycles. The van der Waals surface area contributed by atoms with Gasteiger partial charge in [0, 0.05) is 28.8 Å². The van der Waals surface area contributed by atoms with Crippen molar-refractivity contribution in [2.75, 3.05) is 0 Å². The molecule has 28 heavy (non-hydrogen) atoms. The molecule has 3 aromatic heterocycles. The highest BCUT2D eigenvalue weighted by Crippen LogP contribution is 2.39. The molecule has 0 saturated heterocycles. The van der Waals surface area contributed by atoms with Crippen molar-refractivity contribution >= 4 is 22.0 Å². The van der Waals surface area contributed by atoms with Crippen molar-refractivity contribution in [1.29, 1.82) is 0 Å². The molecule has 0 atom stereocenters. The topological polar surface area (TPSA) is 60.9 Å². The van der Waals surface area contributed by atoms with E-state index in [2.05, 4.69) is 9.97 Å². The standard InChI is InChI=1S/C19H11F4N3O2/c20-13-5-12-14(6-11(13)9-1-4-15(24-7-9)19(21,22)23)26(10-2-3-10)18(27)16-17(12)28-8-25-16/h1,4-8,10H,2-3H2. The minimum Gasteiger partial charge on any atom is -0.443 e. The molecule has 1 aliphatic carbocycles. The zero-order valence-electron chi connectivity index (χ0n) is 14.1. The monoisotopic (exact) mass is 389 g/mol. The first-order chi connectivity index (χ1) is 13.3. The number of fused-ring (bicyclic) bond motifs is 3. The molecule has 9 heteroatoms. The van der Waals surface area contributed by atoms with Gasteiger partial charge in [0.25, 0.3) is 5.56 Å². The third-order valence-electron chi connectivity index (χ3n) is 4.86. The quantitative estimate of drug-likeness (QED) is 0.467. The average Bonchev–Trinajstić information content (AvgIpc) is 3.36. The summed E-state index contributed by atoms with van der Waals surface area (Å²) >= 11 is 0. The van der Waals surface area contributed by atoms with Crippen LogP contribution in [0.5, 0.6) is 0 Å². The van der Waals surface area contributed by atoms with Gasteiger partial charge in [-0.05, 0) is 31.0 Å². The Balaban J connectivity index is 1.77. The molecule has 0 unspecified atom stereocenters. The number of hydrogen-bond donors (Lipinski definition) is 0. The van der Waals surface area contributed by atoms with E-state index < -0.39 is 17.7 Å². The van der Waals surface area contributed by atoms with E-state index >= 15 is 0 Å². The highest BCUT2D eigenvalue weighted by atomic mass is 19.4. The van der Waals surface area contributed by atoms with Crippen LogP contribution < -0.4 is 5.56 Å². The van der Waals surface area contributed by atoms with Crippen molar-refractivity contribution < 1.29 is 22.0 Å². The number of halogens is 4. The largest absolute Gasteiger partial charge is 0.443 e. The minimum absolute atomic E-state index is 0.0138. The van der Waals surface area contributed by atoms with Crippen LogP contribution in [0.25, 0.3) is 33.1 Å². The maximum Gasteiger partial charge on any atom is 0.433 e. The molecule has 4 aromatic rings. The van der Waals surface area contributed by atoms with Crippen LogP contribution >= 0.6 is 0 Å². The fourth-order valence-electron chi connectivity index (χ4n) is 3.39. The molecule has 0 spiro atoms. The Labute approximate surface area is 154 Å². The van der Waals surface area contributed by atoms with E-state index in [4.69, 9.17) is 4.42 Å². The minimum atomic E-state index is -4.58. The third-order valence-corrected chi connectivity index (χ3v) is 4.86. The Bertz CT molecular complexity index is 1290. The summed E-state index contributed by atoms with van der Waals surface area (Å²) in [6.07, 6.45) is -0.849.